The molecule has 0 atom stereocenters. The van der Waals surface area contributed by atoms with Crippen LogP contribution >= 0.6 is 11.6 Å². The Labute approximate surface area is 118 Å². The van der Waals surface area contributed by atoms with Gasteiger partial charge in [0.1, 0.15) is 0 Å². The van der Waals surface area contributed by atoms with Crippen molar-refractivity contribution in [3.8, 4) is 0 Å². The van der Waals surface area contributed by atoms with Crippen molar-refractivity contribution in [1.29, 1.82) is 0 Å². The molecule has 2 rings (SSSR count). The van der Waals surface area contributed by atoms with Gasteiger partial charge >= 0.3 is 0 Å². The van der Waals surface area contributed by atoms with Crippen molar-refractivity contribution in [3.05, 3.63) is 41.0 Å². The monoisotopic (exact) mass is 279 g/mol. The highest BCUT2D eigenvalue weighted by Gasteiger charge is 2.14. The molecule has 4 nitrogen and oxygen atoms in total. The molecular formula is C14H18ClN3O. The summed E-state index contributed by atoms with van der Waals surface area (Å²) in [6, 6.07) is 3.93. The van der Waals surface area contributed by atoms with E-state index < -0.39 is 0 Å². The van der Waals surface area contributed by atoms with Crippen LogP contribution in [-0.4, -0.2) is 26.0 Å². The van der Waals surface area contributed by atoms with E-state index in [9.17, 15) is 4.79 Å². The first-order valence-corrected chi connectivity index (χ1v) is 6.80. The van der Waals surface area contributed by atoms with Gasteiger partial charge in [0.15, 0.2) is 5.78 Å². The van der Waals surface area contributed by atoms with E-state index in [0.717, 1.165) is 35.6 Å². The molecule has 0 saturated carbocycles. The van der Waals surface area contributed by atoms with E-state index in [2.05, 4.69) is 9.67 Å². The van der Waals surface area contributed by atoms with Crippen LogP contribution in [0.15, 0.2) is 18.3 Å². The van der Waals surface area contributed by atoms with Gasteiger partial charge in [-0.25, -0.2) is 0 Å². The predicted octanol–water partition coefficient (Wildman–Crippen LogP) is 2.50. The number of carbonyl (C=O) groups is 1. The molecule has 0 aliphatic heterocycles. The van der Waals surface area contributed by atoms with Gasteiger partial charge in [0.05, 0.1) is 11.6 Å². The van der Waals surface area contributed by atoms with Crippen molar-refractivity contribution >= 4 is 17.4 Å². The molecule has 0 bridgehead atoms. The third-order valence-electron chi connectivity index (χ3n) is 3.36. The molecule has 0 N–H and O–H groups in total. The molecule has 0 saturated heterocycles. The van der Waals surface area contributed by atoms with Crippen LogP contribution in [0.25, 0.3) is 0 Å². The summed E-state index contributed by atoms with van der Waals surface area (Å²) in [5, 5.41) is 4.36. The van der Waals surface area contributed by atoms with Crippen LogP contribution < -0.4 is 0 Å². The molecule has 2 aromatic rings. The predicted molar refractivity (Wildman–Crippen MR) is 75.9 cm³/mol. The van der Waals surface area contributed by atoms with Gasteiger partial charge in [-0.2, -0.15) is 5.10 Å². The second-order valence-electron chi connectivity index (χ2n) is 4.72. The molecule has 2 heterocycles. The fourth-order valence-corrected chi connectivity index (χ4v) is 2.47. The summed E-state index contributed by atoms with van der Waals surface area (Å²) in [4.78, 5) is 11.7. The number of alkyl halides is 1. The molecule has 0 spiro atoms. The van der Waals surface area contributed by atoms with Gasteiger partial charge in [-0.3, -0.25) is 9.48 Å². The minimum Gasteiger partial charge on any atom is -0.348 e. The van der Waals surface area contributed by atoms with E-state index in [1.807, 2.05) is 39.2 Å². The molecule has 2 aromatic heterocycles. The van der Waals surface area contributed by atoms with Crippen LogP contribution in [0.1, 0.15) is 27.4 Å². The Kier molecular flexibility index (Phi) is 4.10. The highest BCUT2D eigenvalue weighted by atomic mass is 35.5. The first-order chi connectivity index (χ1) is 9.02. The van der Waals surface area contributed by atoms with E-state index in [0.29, 0.717) is 0 Å². The largest absolute Gasteiger partial charge is 0.348 e. The van der Waals surface area contributed by atoms with Gasteiger partial charge in [0, 0.05) is 43.2 Å². The van der Waals surface area contributed by atoms with Crippen molar-refractivity contribution in [3.63, 3.8) is 0 Å². The molecule has 0 aliphatic carbocycles. The van der Waals surface area contributed by atoms with Crippen molar-refractivity contribution < 1.29 is 4.79 Å². The first-order valence-electron chi connectivity index (χ1n) is 6.27. The Morgan fingerprint density at radius 2 is 2.16 bits per heavy atom. The first kappa shape index (κ1) is 13.9. The van der Waals surface area contributed by atoms with E-state index in [1.165, 1.54) is 0 Å². The van der Waals surface area contributed by atoms with Crippen molar-refractivity contribution in [2.24, 2.45) is 7.05 Å². The molecular weight excluding hydrogens is 262 g/mol. The third-order valence-corrected chi connectivity index (χ3v) is 3.60. The van der Waals surface area contributed by atoms with Gasteiger partial charge in [-0.1, -0.05) is 0 Å². The van der Waals surface area contributed by atoms with Crippen LogP contribution in [0, 0.1) is 13.8 Å². The number of aryl methyl sites for hydroxylation is 3. The van der Waals surface area contributed by atoms with Crippen molar-refractivity contribution in [1.82, 2.24) is 14.3 Å². The minimum absolute atomic E-state index is 0.0150. The van der Waals surface area contributed by atoms with Crippen molar-refractivity contribution in [2.75, 3.05) is 5.88 Å². The Hall–Kier alpha value is -1.55. The molecule has 0 radical (unpaired) electrons. The maximum Gasteiger partial charge on any atom is 0.179 e. The number of ketones is 1. The highest BCUT2D eigenvalue weighted by molar-refractivity contribution is 6.30. The topological polar surface area (TPSA) is 39.8 Å². The zero-order chi connectivity index (χ0) is 14.0. The molecule has 0 amide bonds. The lowest BCUT2D eigenvalue weighted by Gasteiger charge is -2.08. The lowest BCUT2D eigenvalue weighted by Crippen LogP contribution is -2.08. The summed E-state index contributed by atoms with van der Waals surface area (Å²) in [6.07, 6.45) is 2.79. The normalized spacial score (nSPS) is 10.9. The Balaban J connectivity index is 2.16. The summed E-state index contributed by atoms with van der Waals surface area (Å²) in [5.41, 5.74) is 3.86. The zero-order valence-electron chi connectivity index (χ0n) is 11.5. The van der Waals surface area contributed by atoms with Gasteiger partial charge in [0.2, 0.25) is 0 Å². The second kappa shape index (κ2) is 5.61. The maximum atomic E-state index is 11.7. The number of Topliss-reactive ketones (excluding diaryl/α,β-unsaturated/α-hetero) is 1. The number of halogens is 1. The SMILES string of the molecule is Cc1cc(C(=O)CCl)c(C)n1CCc1ccn(C)n1. The summed E-state index contributed by atoms with van der Waals surface area (Å²) in [7, 11) is 1.91. The zero-order valence-corrected chi connectivity index (χ0v) is 12.2. The number of aromatic nitrogens is 3. The van der Waals surface area contributed by atoms with Gasteiger partial charge < -0.3 is 4.57 Å². The summed E-state index contributed by atoms with van der Waals surface area (Å²) < 4.78 is 3.95. The fourth-order valence-electron chi connectivity index (χ4n) is 2.32. The van der Waals surface area contributed by atoms with Crippen LogP contribution in [0.3, 0.4) is 0 Å². The minimum atomic E-state index is -0.0150. The molecule has 102 valence electrons. The Morgan fingerprint density at radius 3 is 2.74 bits per heavy atom. The molecule has 0 aromatic carbocycles. The maximum absolute atomic E-state index is 11.7. The number of carbonyl (C=O) groups excluding carboxylic acids is 1. The average Bonchev–Trinajstić information content (AvgIpc) is 2.91. The highest BCUT2D eigenvalue weighted by Crippen LogP contribution is 2.17. The fraction of sp³-hybridized carbons (Fsp3) is 0.429. The molecule has 5 heteroatoms. The van der Waals surface area contributed by atoms with Crippen LogP contribution in [-0.2, 0) is 20.0 Å². The molecule has 19 heavy (non-hydrogen) atoms. The standard InChI is InChI=1S/C14H18ClN3O/c1-10-8-13(14(19)9-15)11(2)18(10)7-5-12-4-6-17(3)16-12/h4,6,8H,5,7,9H2,1-3H3. The summed E-state index contributed by atoms with van der Waals surface area (Å²) in [5.74, 6) is 0.0173. The van der Waals surface area contributed by atoms with E-state index in [1.54, 1.807) is 4.68 Å². The van der Waals surface area contributed by atoms with Gasteiger partial charge in [-0.15, -0.1) is 11.6 Å². The lowest BCUT2D eigenvalue weighted by molar-refractivity contribution is 0.102. The molecule has 0 fully saturated rings. The van der Waals surface area contributed by atoms with E-state index in [4.69, 9.17) is 11.6 Å². The van der Waals surface area contributed by atoms with Crippen molar-refractivity contribution in [2.45, 2.75) is 26.8 Å². The van der Waals surface area contributed by atoms with E-state index in [-0.39, 0.29) is 11.7 Å². The quantitative estimate of drug-likeness (QED) is 0.623. The summed E-state index contributed by atoms with van der Waals surface area (Å²) in [6.45, 7) is 4.80. The average molecular weight is 280 g/mol. The van der Waals surface area contributed by atoms with Gasteiger partial charge in [0.25, 0.3) is 0 Å². The molecule has 0 aliphatic rings. The number of hydrogen-bond donors (Lipinski definition) is 0. The molecule has 0 unspecified atom stereocenters. The Bertz CT molecular complexity index is 598. The Morgan fingerprint density at radius 1 is 1.42 bits per heavy atom. The third kappa shape index (κ3) is 2.89. The number of hydrogen-bond acceptors (Lipinski definition) is 2. The number of nitrogens with zero attached hydrogens (tertiary/aromatic N) is 3. The number of rotatable bonds is 5. The van der Waals surface area contributed by atoms with Crippen LogP contribution in [0.4, 0.5) is 0 Å². The van der Waals surface area contributed by atoms with Gasteiger partial charge in [-0.05, 0) is 26.0 Å². The smallest absolute Gasteiger partial charge is 0.179 e. The van der Waals surface area contributed by atoms with Crippen LogP contribution in [0.5, 0.6) is 0 Å². The lowest BCUT2D eigenvalue weighted by atomic mass is 10.2. The van der Waals surface area contributed by atoms with Crippen LogP contribution in [0.2, 0.25) is 0 Å². The second-order valence-corrected chi connectivity index (χ2v) is 4.99. The van der Waals surface area contributed by atoms with E-state index >= 15 is 0 Å². The summed E-state index contributed by atoms with van der Waals surface area (Å²) >= 11 is 5.62.